The number of aryl methyl sites for hydroxylation is 1. The molecule has 1 aromatic carbocycles. The SMILES string of the molecule is C=CC(=N/C(=C\C)c1cccc(OC)c1)C(=O)Nc1cn(C)nc1-c1ccccn1. The van der Waals surface area contributed by atoms with Crippen LogP contribution in [0, 0.1) is 0 Å². The lowest BCUT2D eigenvalue weighted by molar-refractivity contribution is -0.110. The fourth-order valence-corrected chi connectivity index (χ4v) is 2.86. The van der Waals surface area contributed by atoms with Crippen LogP contribution in [0.25, 0.3) is 17.1 Å². The largest absolute Gasteiger partial charge is 0.497 e. The Morgan fingerprint density at radius 2 is 2.10 bits per heavy atom. The van der Waals surface area contributed by atoms with Gasteiger partial charge < -0.3 is 10.1 Å². The molecule has 7 nitrogen and oxygen atoms in total. The number of hydrogen-bond acceptors (Lipinski definition) is 5. The van der Waals surface area contributed by atoms with Gasteiger partial charge >= 0.3 is 0 Å². The first kappa shape index (κ1) is 20.7. The van der Waals surface area contributed by atoms with Gasteiger partial charge in [-0.25, -0.2) is 4.99 Å². The Morgan fingerprint density at radius 3 is 2.77 bits per heavy atom. The third-order valence-corrected chi connectivity index (χ3v) is 4.29. The number of anilines is 1. The second-order valence-corrected chi connectivity index (χ2v) is 6.34. The molecule has 30 heavy (non-hydrogen) atoms. The zero-order valence-electron chi connectivity index (χ0n) is 17.2. The molecule has 0 aliphatic heterocycles. The Kier molecular flexibility index (Phi) is 6.54. The van der Waals surface area contributed by atoms with Crippen molar-refractivity contribution in [3.63, 3.8) is 0 Å². The Hall–Kier alpha value is -4.00. The first-order valence-electron chi connectivity index (χ1n) is 9.34. The number of nitrogens with one attached hydrogen (secondary N) is 1. The van der Waals surface area contributed by atoms with E-state index >= 15 is 0 Å². The van der Waals surface area contributed by atoms with Crippen molar-refractivity contribution in [2.45, 2.75) is 6.92 Å². The van der Waals surface area contributed by atoms with Crippen molar-refractivity contribution in [2.24, 2.45) is 12.0 Å². The molecule has 1 N–H and O–H groups in total. The van der Waals surface area contributed by atoms with E-state index in [4.69, 9.17) is 4.74 Å². The highest BCUT2D eigenvalue weighted by Crippen LogP contribution is 2.25. The van der Waals surface area contributed by atoms with Gasteiger partial charge in [-0.1, -0.05) is 30.9 Å². The summed E-state index contributed by atoms with van der Waals surface area (Å²) in [4.78, 5) is 21.7. The summed E-state index contributed by atoms with van der Waals surface area (Å²) in [6, 6.07) is 13.0. The number of benzene rings is 1. The molecular weight excluding hydrogens is 378 g/mol. The lowest BCUT2D eigenvalue weighted by Gasteiger charge is -2.08. The van der Waals surface area contributed by atoms with Gasteiger partial charge in [0.15, 0.2) is 0 Å². The van der Waals surface area contributed by atoms with Gasteiger partial charge in [0.1, 0.15) is 17.2 Å². The summed E-state index contributed by atoms with van der Waals surface area (Å²) >= 11 is 0. The number of aromatic nitrogens is 3. The highest BCUT2D eigenvalue weighted by Gasteiger charge is 2.16. The molecule has 3 rings (SSSR count). The van der Waals surface area contributed by atoms with Crippen LogP contribution in [-0.2, 0) is 11.8 Å². The quantitative estimate of drug-likeness (QED) is 0.604. The molecule has 0 unspecified atom stereocenters. The summed E-state index contributed by atoms with van der Waals surface area (Å²) in [5.41, 5.74) is 3.43. The number of rotatable bonds is 7. The molecular formula is C23H23N5O2. The van der Waals surface area contributed by atoms with Crippen LogP contribution in [0.2, 0.25) is 0 Å². The van der Waals surface area contributed by atoms with Gasteiger partial charge in [0, 0.05) is 25.0 Å². The minimum atomic E-state index is -0.391. The van der Waals surface area contributed by atoms with E-state index in [0.29, 0.717) is 28.5 Å². The van der Waals surface area contributed by atoms with E-state index in [1.807, 2.05) is 55.5 Å². The van der Waals surface area contributed by atoms with Crippen LogP contribution in [0.4, 0.5) is 5.69 Å². The van der Waals surface area contributed by atoms with Crippen molar-refractivity contribution < 1.29 is 9.53 Å². The van der Waals surface area contributed by atoms with Crippen LogP contribution >= 0.6 is 0 Å². The number of carbonyl (C=O) groups excluding carboxylic acids is 1. The maximum absolute atomic E-state index is 12.9. The van der Waals surface area contributed by atoms with Crippen molar-refractivity contribution >= 4 is 23.0 Å². The molecule has 0 radical (unpaired) electrons. The van der Waals surface area contributed by atoms with Crippen LogP contribution in [0.3, 0.4) is 0 Å². The second-order valence-electron chi connectivity index (χ2n) is 6.34. The summed E-state index contributed by atoms with van der Waals surface area (Å²) in [5, 5.41) is 7.28. The Labute approximate surface area is 175 Å². The average Bonchev–Trinajstić information content (AvgIpc) is 3.15. The van der Waals surface area contributed by atoms with Gasteiger partial charge in [-0.15, -0.1) is 0 Å². The molecule has 0 aliphatic carbocycles. The predicted octanol–water partition coefficient (Wildman–Crippen LogP) is 4.12. The maximum Gasteiger partial charge on any atom is 0.274 e. The monoisotopic (exact) mass is 401 g/mol. The standard InChI is InChI=1S/C23H23N5O2/c1-5-18(16-10-9-11-17(14-16)30-4)25-19(6-2)23(29)26-21-15-28(3)27-22(21)20-12-7-8-13-24-20/h5-15H,2H2,1,3-4H3,(H,26,29)/b18-5-,25-19?. The minimum Gasteiger partial charge on any atom is -0.497 e. The topological polar surface area (TPSA) is 81.4 Å². The normalized spacial score (nSPS) is 11.8. The van der Waals surface area contributed by atoms with Gasteiger partial charge in [-0.2, -0.15) is 5.10 Å². The number of methoxy groups -OCH3 is 1. The van der Waals surface area contributed by atoms with E-state index in [-0.39, 0.29) is 5.71 Å². The number of pyridine rings is 1. The van der Waals surface area contributed by atoms with Gasteiger partial charge in [-0.3, -0.25) is 14.5 Å². The lowest BCUT2D eigenvalue weighted by atomic mass is 10.1. The summed E-state index contributed by atoms with van der Waals surface area (Å²) in [6.45, 7) is 5.61. The third kappa shape index (κ3) is 4.70. The average molecular weight is 401 g/mol. The number of hydrogen-bond donors (Lipinski definition) is 1. The van der Waals surface area contributed by atoms with Crippen molar-refractivity contribution in [1.29, 1.82) is 0 Å². The van der Waals surface area contributed by atoms with E-state index < -0.39 is 5.91 Å². The molecule has 0 atom stereocenters. The molecule has 0 bridgehead atoms. The molecule has 2 heterocycles. The van der Waals surface area contributed by atoms with Crippen molar-refractivity contribution in [1.82, 2.24) is 14.8 Å². The molecule has 0 saturated carbocycles. The molecule has 3 aromatic rings. The molecule has 7 heteroatoms. The molecule has 0 saturated heterocycles. The molecule has 1 amide bonds. The number of ether oxygens (including phenoxy) is 1. The van der Waals surface area contributed by atoms with E-state index in [1.54, 1.807) is 31.2 Å². The zero-order valence-corrected chi connectivity index (χ0v) is 17.2. The molecule has 2 aromatic heterocycles. The Morgan fingerprint density at radius 1 is 1.27 bits per heavy atom. The fourth-order valence-electron chi connectivity index (χ4n) is 2.86. The lowest BCUT2D eigenvalue weighted by Crippen LogP contribution is -2.21. The van der Waals surface area contributed by atoms with Gasteiger partial charge in [0.25, 0.3) is 5.91 Å². The first-order chi connectivity index (χ1) is 14.5. The minimum absolute atomic E-state index is 0.182. The summed E-state index contributed by atoms with van der Waals surface area (Å²) in [6.07, 6.45) is 6.66. The van der Waals surface area contributed by atoms with E-state index in [9.17, 15) is 4.79 Å². The Bertz CT molecular complexity index is 1110. The van der Waals surface area contributed by atoms with Crippen molar-refractivity contribution in [3.05, 3.63) is 79.2 Å². The molecule has 152 valence electrons. The van der Waals surface area contributed by atoms with Gasteiger partial charge in [-0.05, 0) is 37.3 Å². The second kappa shape index (κ2) is 9.47. The summed E-state index contributed by atoms with van der Waals surface area (Å²) in [5.74, 6) is 0.319. The summed E-state index contributed by atoms with van der Waals surface area (Å²) < 4.78 is 6.90. The van der Waals surface area contributed by atoms with Crippen molar-refractivity contribution in [3.8, 4) is 17.1 Å². The van der Waals surface area contributed by atoms with Crippen LogP contribution in [0.5, 0.6) is 5.75 Å². The fraction of sp³-hybridized carbons (Fsp3) is 0.130. The van der Waals surface area contributed by atoms with Crippen molar-refractivity contribution in [2.75, 3.05) is 12.4 Å². The smallest absolute Gasteiger partial charge is 0.274 e. The van der Waals surface area contributed by atoms with Crippen LogP contribution in [0.1, 0.15) is 12.5 Å². The summed E-state index contributed by atoms with van der Waals surface area (Å²) in [7, 11) is 3.39. The molecule has 0 spiro atoms. The first-order valence-corrected chi connectivity index (χ1v) is 9.34. The van der Waals surface area contributed by atoms with Crippen LogP contribution in [-0.4, -0.2) is 33.5 Å². The van der Waals surface area contributed by atoms with E-state index in [0.717, 1.165) is 5.56 Å². The zero-order chi connectivity index (χ0) is 21.5. The number of allylic oxidation sites excluding steroid dienone is 1. The highest BCUT2D eigenvalue weighted by molar-refractivity contribution is 6.47. The van der Waals surface area contributed by atoms with E-state index in [2.05, 4.69) is 27.0 Å². The highest BCUT2D eigenvalue weighted by atomic mass is 16.5. The predicted molar refractivity (Wildman–Crippen MR) is 119 cm³/mol. The maximum atomic E-state index is 12.9. The van der Waals surface area contributed by atoms with E-state index in [1.165, 1.54) is 6.08 Å². The van der Waals surface area contributed by atoms with Gasteiger partial charge in [0.2, 0.25) is 0 Å². The number of carbonyl (C=O) groups is 1. The third-order valence-electron chi connectivity index (χ3n) is 4.29. The Balaban J connectivity index is 1.89. The van der Waals surface area contributed by atoms with Crippen LogP contribution in [0.15, 0.2) is 78.6 Å². The number of aliphatic imine (C=N–C) groups is 1. The van der Waals surface area contributed by atoms with Crippen LogP contribution < -0.4 is 10.1 Å². The number of nitrogens with zero attached hydrogens (tertiary/aromatic N) is 4. The molecule has 0 fully saturated rings. The van der Waals surface area contributed by atoms with Gasteiger partial charge in [0.05, 0.1) is 24.2 Å². The molecule has 0 aliphatic rings. The number of amides is 1.